The van der Waals surface area contributed by atoms with Gasteiger partial charge in [0.2, 0.25) is 0 Å². The molecule has 0 aliphatic rings. The molecule has 0 aliphatic carbocycles. The van der Waals surface area contributed by atoms with Crippen LogP contribution < -0.4 is 0 Å². The molecule has 116 valence electrons. The van der Waals surface area contributed by atoms with Gasteiger partial charge in [-0.1, -0.05) is 0 Å². The molecule has 0 aromatic heterocycles. The number of hydrogen-bond acceptors (Lipinski definition) is 1. The number of hydrogen-bond donors (Lipinski definition) is 0. The fourth-order valence-electron chi connectivity index (χ4n) is 2.65. The fraction of sp³-hybridized carbons (Fsp3) is 0.722. The van der Waals surface area contributed by atoms with Gasteiger partial charge in [-0.05, 0) is 0 Å². The van der Waals surface area contributed by atoms with Crippen molar-refractivity contribution < 1.29 is 4.79 Å². The van der Waals surface area contributed by atoms with Gasteiger partial charge >= 0.3 is 131 Å². The van der Waals surface area contributed by atoms with Crippen molar-refractivity contribution in [2.75, 3.05) is 0 Å². The first kappa shape index (κ1) is 19.9. The van der Waals surface area contributed by atoms with Gasteiger partial charge in [-0.2, -0.15) is 0 Å². The second-order valence-electron chi connectivity index (χ2n) is 6.06. The van der Waals surface area contributed by atoms with Crippen molar-refractivity contribution in [3.8, 4) is 0 Å². The quantitative estimate of drug-likeness (QED) is 0.172. The van der Waals surface area contributed by atoms with E-state index in [2.05, 4.69) is 30.9 Å². The summed E-state index contributed by atoms with van der Waals surface area (Å²) in [5.41, 5.74) is 0.836. The van der Waals surface area contributed by atoms with Gasteiger partial charge in [-0.3, -0.25) is 0 Å². The van der Waals surface area contributed by atoms with Crippen molar-refractivity contribution in [2.24, 2.45) is 0 Å². The molecule has 0 saturated heterocycles. The van der Waals surface area contributed by atoms with Crippen LogP contribution in [-0.4, -0.2) is 24.7 Å². The molecule has 0 bridgehead atoms. The Morgan fingerprint density at radius 1 is 0.900 bits per heavy atom. The zero-order chi connectivity index (χ0) is 15.3. The average molecular weight is 385 g/mol. The summed E-state index contributed by atoms with van der Waals surface area (Å²) in [5, 5.41) is 0. The number of unbranched alkanes of at least 4 members (excludes halogenated alkanes) is 3. The number of carbonyl (C=O) groups excluding carboxylic acids is 1. The summed E-state index contributed by atoms with van der Waals surface area (Å²) < 4.78 is 7.09. The summed E-state index contributed by atoms with van der Waals surface area (Å²) in [6, 6.07) is 0. The van der Waals surface area contributed by atoms with Crippen LogP contribution >= 0.6 is 0 Å². The third kappa shape index (κ3) is 8.99. The van der Waals surface area contributed by atoms with Crippen LogP contribution in [0.5, 0.6) is 0 Å². The third-order valence-corrected chi connectivity index (χ3v) is 18.2. The summed E-state index contributed by atoms with van der Waals surface area (Å²) in [6.07, 6.45) is 13.3. The normalized spacial score (nSPS) is 13.1. The molecule has 0 aromatic rings. The van der Waals surface area contributed by atoms with Gasteiger partial charge in [0.1, 0.15) is 0 Å². The average Bonchev–Trinajstić information content (AvgIpc) is 2.48. The van der Waals surface area contributed by atoms with Gasteiger partial charge in [0, 0.05) is 0 Å². The van der Waals surface area contributed by atoms with Crippen molar-refractivity contribution in [1.29, 1.82) is 0 Å². The van der Waals surface area contributed by atoms with E-state index >= 15 is 0 Å². The molecule has 0 aliphatic heterocycles. The molecule has 20 heavy (non-hydrogen) atoms. The van der Waals surface area contributed by atoms with Crippen LogP contribution in [0.15, 0.2) is 21.8 Å². The number of carbonyl (C=O) groups is 1. The zero-order valence-electron chi connectivity index (χ0n) is 14.1. The predicted octanol–water partition coefficient (Wildman–Crippen LogP) is 6.08. The first-order valence-electron chi connectivity index (χ1n) is 8.45. The molecule has 0 heterocycles. The Morgan fingerprint density at radius 3 is 1.70 bits per heavy atom. The molecule has 0 saturated carbocycles. The maximum absolute atomic E-state index is 10.7. The monoisotopic (exact) mass is 386 g/mol. The van der Waals surface area contributed by atoms with E-state index in [4.69, 9.17) is 0 Å². The van der Waals surface area contributed by atoms with Crippen molar-refractivity contribution in [3.05, 3.63) is 21.8 Å². The Labute approximate surface area is 130 Å². The van der Waals surface area contributed by atoms with Gasteiger partial charge < -0.3 is 0 Å². The SMILES string of the molecule is CCC[CH2][Sn](/[CH]=C/C=C(/C)C=O)([CH2]CCC)[CH2]CCC. The number of aldehydes is 1. The van der Waals surface area contributed by atoms with E-state index in [0.717, 1.165) is 11.9 Å². The van der Waals surface area contributed by atoms with Crippen molar-refractivity contribution in [1.82, 2.24) is 0 Å². The fourth-order valence-corrected chi connectivity index (χ4v) is 16.7. The van der Waals surface area contributed by atoms with Gasteiger partial charge in [0.15, 0.2) is 0 Å². The van der Waals surface area contributed by atoms with Gasteiger partial charge in [0.25, 0.3) is 0 Å². The second-order valence-corrected chi connectivity index (χ2v) is 19.1. The molecule has 0 rings (SSSR count). The summed E-state index contributed by atoms with van der Waals surface area (Å²) in [4.78, 5) is 10.7. The van der Waals surface area contributed by atoms with E-state index < -0.39 is 18.4 Å². The number of rotatable bonds is 12. The van der Waals surface area contributed by atoms with Crippen LogP contribution in [0, 0.1) is 0 Å². The standard InChI is InChI=1S/C6H7O.3C4H9.Sn/c1-3-4-6(2)5-7;3*1-3-4-2;/h1,3-5H,2H3;3*1,3-4H2,2H3;/b3-1?,6-4-;;;;. The van der Waals surface area contributed by atoms with Crippen LogP contribution in [0.2, 0.25) is 13.3 Å². The Kier molecular flexibility index (Phi) is 12.6. The van der Waals surface area contributed by atoms with E-state index in [1.54, 1.807) is 0 Å². The second kappa shape index (κ2) is 12.7. The van der Waals surface area contributed by atoms with E-state index in [9.17, 15) is 4.79 Å². The molecule has 0 radical (unpaired) electrons. The molecule has 0 amide bonds. The molecule has 0 atom stereocenters. The molecule has 0 fully saturated rings. The topological polar surface area (TPSA) is 17.1 Å². The number of allylic oxidation sites excluding steroid dienone is 3. The van der Waals surface area contributed by atoms with Crippen LogP contribution in [0.1, 0.15) is 66.2 Å². The van der Waals surface area contributed by atoms with E-state index in [-0.39, 0.29) is 0 Å². The summed E-state index contributed by atoms with van der Waals surface area (Å²) in [6.45, 7) is 8.79. The minimum absolute atomic E-state index is 0.836. The molecule has 0 unspecified atom stereocenters. The van der Waals surface area contributed by atoms with Crippen molar-refractivity contribution >= 4 is 24.7 Å². The molecule has 2 heteroatoms. The predicted molar refractivity (Wildman–Crippen MR) is 93.9 cm³/mol. The third-order valence-electron chi connectivity index (χ3n) is 4.08. The summed E-state index contributed by atoms with van der Waals surface area (Å²) in [5.74, 6) is 0. The van der Waals surface area contributed by atoms with Gasteiger partial charge in [0.05, 0.1) is 0 Å². The summed E-state index contributed by atoms with van der Waals surface area (Å²) >= 11 is -2.11. The molecule has 0 spiro atoms. The molecule has 0 aromatic carbocycles. The molecule has 0 N–H and O–H groups in total. The summed E-state index contributed by atoms with van der Waals surface area (Å²) in [7, 11) is 0. The van der Waals surface area contributed by atoms with Crippen LogP contribution in [-0.2, 0) is 4.79 Å². The Hall–Kier alpha value is -0.0513. The molecular formula is C18H34OSn. The molecule has 1 nitrogen and oxygen atoms in total. The van der Waals surface area contributed by atoms with E-state index in [0.29, 0.717) is 0 Å². The van der Waals surface area contributed by atoms with Crippen molar-refractivity contribution in [2.45, 2.75) is 79.5 Å². The minimum atomic E-state index is -2.11. The van der Waals surface area contributed by atoms with Crippen LogP contribution in [0.4, 0.5) is 0 Å². The van der Waals surface area contributed by atoms with E-state index in [1.807, 2.05) is 13.0 Å². The van der Waals surface area contributed by atoms with Crippen molar-refractivity contribution in [3.63, 3.8) is 0 Å². The Balaban J connectivity index is 4.96. The maximum atomic E-state index is 10.7. The zero-order valence-corrected chi connectivity index (χ0v) is 16.9. The Bertz CT molecular complexity index is 283. The first-order chi connectivity index (χ1) is 9.64. The molecular weight excluding hydrogens is 351 g/mol. The van der Waals surface area contributed by atoms with Gasteiger partial charge in [-0.25, -0.2) is 0 Å². The van der Waals surface area contributed by atoms with Crippen LogP contribution in [0.3, 0.4) is 0 Å². The Morgan fingerprint density at radius 2 is 1.35 bits per heavy atom. The first-order valence-corrected chi connectivity index (χ1v) is 16.2. The van der Waals surface area contributed by atoms with Gasteiger partial charge in [-0.15, -0.1) is 0 Å². The van der Waals surface area contributed by atoms with Crippen LogP contribution in [0.25, 0.3) is 0 Å². The van der Waals surface area contributed by atoms with E-state index in [1.165, 1.54) is 51.8 Å².